The van der Waals surface area contributed by atoms with Crippen molar-refractivity contribution in [3.8, 4) is 0 Å². The molecule has 20 heavy (non-hydrogen) atoms. The van der Waals surface area contributed by atoms with Gasteiger partial charge in [-0.15, -0.1) is 0 Å². The van der Waals surface area contributed by atoms with Crippen LogP contribution in [0.4, 0.5) is 0 Å². The molecule has 0 radical (unpaired) electrons. The molecule has 1 aliphatic rings. The molecule has 0 atom stereocenters. The molecule has 1 fully saturated rings. The lowest BCUT2D eigenvalue weighted by Crippen LogP contribution is -1.97. The summed E-state index contributed by atoms with van der Waals surface area (Å²) < 4.78 is 4.72. The van der Waals surface area contributed by atoms with E-state index >= 15 is 0 Å². The van der Waals surface area contributed by atoms with Gasteiger partial charge in [-0.2, -0.15) is 0 Å². The van der Waals surface area contributed by atoms with Gasteiger partial charge in [0.05, 0.1) is 11.1 Å². The van der Waals surface area contributed by atoms with Crippen LogP contribution in [0.15, 0.2) is 28.9 Å². The van der Waals surface area contributed by atoms with E-state index in [2.05, 4.69) is 12.1 Å². The van der Waals surface area contributed by atoms with E-state index in [4.69, 9.17) is 4.74 Å². The lowest BCUT2D eigenvalue weighted by molar-refractivity contribution is -0.149. The number of benzene rings is 1. The van der Waals surface area contributed by atoms with Crippen LogP contribution in [0.5, 0.6) is 0 Å². The molecule has 0 amide bonds. The average Bonchev–Trinajstić information content (AvgIpc) is 2.58. The SMILES string of the molecule is CC(C)=C1C(=O)OC(=O)C1=Cc1c(C)cc(C)cc1C. The molecule has 1 aromatic rings. The molecule has 1 heterocycles. The summed E-state index contributed by atoms with van der Waals surface area (Å²) >= 11 is 0. The fraction of sp³-hybridized carbons (Fsp3) is 0.294. The highest BCUT2D eigenvalue weighted by atomic mass is 16.6. The van der Waals surface area contributed by atoms with Gasteiger partial charge in [0.15, 0.2) is 0 Å². The van der Waals surface area contributed by atoms with Crippen molar-refractivity contribution < 1.29 is 14.3 Å². The van der Waals surface area contributed by atoms with Crippen LogP contribution in [0.1, 0.15) is 36.1 Å². The minimum absolute atomic E-state index is 0.352. The molecule has 3 nitrogen and oxygen atoms in total. The zero-order valence-corrected chi connectivity index (χ0v) is 12.5. The number of allylic oxidation sites excluding steroid dienone is 1. The molecule has 3 heteroatoms. The zero-order valence-electron chi connectivity index (χ0n) is 12.5. The molecule has 0 bridgehead atoms. The highest BCUT2D eigenvalue weighted by molar-refractivity contribution is 6.20. The molecule has 0 spiro atoms. The highest BCUT2D eigenvalue weighted by Crippen LogP contribution is 2.29. The van der Waals surface area contributed by atoms with E-state index in [1.807, 2.05) is 20.8 Å². The topological polar surface area (TPSA) is 43.4 Å². The Morgan fingerprint density at radius 1 is 1.00 bits per heavy atom. The maximum absolute atomic E-state index is 11.8. The van der Waals surface area contributed by atoms with Crippen LogP contribution in [-0.4, -0.2) is 11.9 Å². The number of esters is 2. The third-order valence-electron chi connectivity index (χ3n) is 3.41. The molecule has 0 aliphatic carbocycles. The van der Waals surface area contributed by atoms with Crippen molar-refractivity contribution >= 4 is 18.0 Å². The van der Waals surface area contributed by atoms with Gasteiger partial charge in [0.1, 0.15) is 0 Å². The summed E-state index contributed by atoms with van der Waals surface area (Å²) in [6, 6.07) is 4.12. The molecule has 0 saturated carbocycles. The van der Waals surface area contributed by atoms with E-state index in [1.165, 1.54) is 5.56 Å². The van der Waals surface area contributed by atoms with Crippen molar-refractivity contribution in [2.75, 3.05) is 0 Å². The molecule has 0 aromatic heterocycles. The predicted octanol–water partition coefficient (Wildman–Crippen LogP) is 3.42. The first-order valence-corrected chi connectivity index (χ1v) is 6.55. The summed E-state index contributed by atoms with van der Waals surface area (Å²) in [7, 11) is 0. The average molecular weight is 270 g/mol. The van der Waals surface area contributed by atoms with Gasteiger partial charge in [0, 0.05) is 0 Å². The van der Waals surface area contributed by atoms with Gasteiger partial charge >= 0.3 is 11.9 Å². The number of cyclic esters (lactones) is 2. The van der Waals surface area contributed by atoms with Gasteiger partial charge in [-0.3, -0.25) is 0 Å². The van der Waals surface area contributed by atoms with Crippen molar-refractivity contribution in [3.63, 3.8) is 0 Å². The summed E-state index contributed by atoms with van der Waals surface area (Å²) in [6.45, 7) is 9.63. The largest absolute Gasteiger partial charge is 0.386 e. The first-order chi connectivity index (χ1) is 9.31. The number of rotatable bonds is 1. The molecule has 1 saturated heterocycles. The van der Waals surface area contributed by atoms with Crippen molar-refractivity contribution in [1.82, 2.24) is 0 Å². The van der Waals surface area contributed by atoms with E-state index in [-0.39, 0.29) is 0 Å². The molecule has 1 aromatic carbocycles. The Morgan fingerprint density at radius 3 is 2.05 bits per heavy atom. The fourth-order valence-corrected chi connectivity index (χ4v) is 2.57. The van der Waals surface area contributed by atoms with Gasteiger partial charge in [0.2, 0.25) is 0 Å². The van der Waals surface area contributed by atoms with Gasteiger partial charge in [-0.05, 0) is 57.4 Å². The van der Waals surface area contributed by atoms with Crippen molar-refractivity contribution in [1.29, 1.82) is 0 Å². The van der Waals surface area contributed by atoms with Crippen LogP contribution in [0.2, 0.25) is 0 Å². The summed E-state index contributed by atoms with van der Waals surface area (Å²) in [5.74, 6) is -1.12. The van der Waals surface area contributed by atoms with Gasteiger partial charge in [0.25, 0.3) is 0 Å². The Labute approximate surface area is 118 Å². The molecule has 1 aliphatic heterocycles. The molecular weight excluding hydrogens is 252 g/mol. The monoisotopic (exact) mass is 270 g/mol. The number of carbonyl (C=O) groups excluding carboxylic acids is 2. The number of hydrogen-bond acceptors (Lipinski definition) is 3. The third kappa shape index (κ3) is 2.44. The zero-order chi connectivity index (χ0) is 15.0. The van der Waals surface area contributed by atoms with Gasteiger partial charge in [-0.25, -0.2) is 9.59 Å². The van der Waals surface area contributed by atoms with Gasteiger partial charge < -0.3 is 4.74 Å². The lowest BCUT2D eigenvalue weighted by Gasteiger charge is -2.08. The molecular formula is C17H18O3. The van der Waals surface area contributed by atoms with Crippen LogP contribution >= 0.6 is 0 Å². The number of hydrogen-bond donors (Lipinski definition) is 0. The Balaban J connectivity index is 2.64. The van der Waals surface area contributed by atoms with Gasteiger partial charge in [-0.1, -0.05) is 23.3 Å². The minimum atomic E-state index is -0.564. The predicted molar refractivity (Wildman–Crippen MR) is 78.1 cm³/mol. The van der Waals surface area contributed by atoms with Crippen LogP contribution in [0.25, 0.3) is 6.08 Å². The first-order valence-electron chi connectivity index (χ1n) is 6.55. The Bertz CT molecular complexity index is 648. The summed E-state index contributed by atoms with van der Waals surface area (Å²) in [6.07, 6.45) is 1.76. The Morgan fingerprint density at radius 2 is 1.55 bits per heavy atom. The van der Waals surface area contributed by atoms with Crippen LogP contribution in [0, 0.1) is 20.8 Å². The quantitative estimate of drug-likeness (QED) is 0.446. The van der Waals surface area contributed by atoms with Crippen molar-refractivity contribution in [2.24, 2.45) is 0 Å². The fourth-order valence-electron chi connectivity index (χ4n) is 2.57. The Kier molecular flexibility index (Phi) is 3.62. The summed E-state index contributed by atoms with van der Waals surface area (Å²) in [4.78, 5) is 23.6. The standard InChI is InChI=1S/C17H18O3/c1-9(2)15-14(16(18)20-17(15)19)8-13-11(4)6-10(3)7-12(13)5/h6-8H,1-5H3. The van der Waals surface area contributed by atoms with E-state index in [0.717, 1.165) is 22.3 Å². The lowest BCUT2D eigenvalue weighted by atomic mass is 9.95. The number of ether oxygens (including phenoxy) is 1. The second-order valence-electron chi connectivity index (χ2n) is 5.42. The van der Waals surface area contributed by atoms with Crippen LogP contribution < -0.4 is 0 Å². The maximum atomic E-state index is 11.8. The van der Waals surface area contributed by atoms with E-state index in [0.29, 0.717) is 11.1 Å². The van der Waals surface area contributed by atoms with Crippen LogP contribution in [-0.2, 0) is 14.3 Å². The first kappa shape index (κ1) is 14.3. The number of carbonyl (C=O) groups is 2. The van der Waals surface area contributed by atoms with E-state index in [1.54, 1.807) is 19.9 Å². The van der Waals surface area contributed by atoms with Crippen molar-refractivity contribution in [2.45, 2.75) is 34.6 Å². The smallest absolute Gasteiger partial charge is 0.346 e. The maximum Gasteiger partial charge on any atom is 0.346 e. The minimum Gasteiger partial charge on any atom is -0.386 e. The number of aryl methyl sites for hydroxylation is 3. The molecule has 0 unspecified atom stereocenters. The van der Waals surface area contributed by atoms with E-state index in [9.17, 15) is 9.59 Å². The third-order valence-corrected chi connectivity index (χ3v) is 3.41. The van der Waals surface area contributed by atoms with Crippen LogP contribution in [0.3, 0.4) is 0 Å². The normalized spacial score (nSPS) is 16.9. The second-order valence-corrected chi connectivity index (χ2v) is 5.42. The molecule has 104 valence electrons. The van der Waals surface area contributed by atoms with E-state index < -0.39 is 11.9 Å². The van der Waals surface area contributed by atoms with Crippen molar-refractivity contribution in [3.05, 3.63) is 51.1 Å². The molecule has 0 N–H and O–H groups in total. The highest BCUT2D eigenvalue weighted by Gasteiger charge is 2.34. The molecule has 2 rings (SSSR count). The summed E-state index contributed by atoms with van der Waals surface area (Å²) in [5, 5.41) is 0. The Hall–Kier alpha value is -2.16. The second kappa shape index (κ2) is 5.08. The summed E-state index contributed by atoms with van der Waals surface area (Å²) in [5.41, 5.74) is 5.82.